The molecule has 1 radical (unpaired) electrons. The molecule has 4 heteroatoms. The van der Waals surface area contributed by atoms with E-state index in [0.29, 0.717) is 0 Å². The summed E-state index contributed by atoms with van der Waals surface area (Å²) in [5.74, 6) is 0. The van der Waals surface area contributed by atoms with Crippen molar-refractivity contribution in [3.8, 4) is 33.4 Å². The Kier molecular flexibility index (Phi) is 7.22. The molecule has 0 fully saturated rings. The van der Waals surface area contributed by atoms with E-state index in [-0.39, 0.29) is 10.8 Å². The Labute approximate surface area is 362 Å². The van der Waals surface area contributed by atoms with Gasteiger partial charge in [-0.05, 0) is 96.6 Å². The third-order valence-electron chi connectivity index (χ3n) is 14.2. The second-order valence-corrected chi connectivity index (χ2v) is 18.4. The van der Waals surface area contributed by atoms with Gasteiger partial charge in [0.1, 0.15) is 11.2 Å². The topological polar surface area (TPSA) is 28.4 Å². The van der Waals surface area contributed by atoms with Crippen LogP contribution in [0.15, 0.2) is 180 Å². The molecule has 3 aliphatic rings. The molecule has 293 valence electrons. The Morgan fingerprint density at radius 1 is 0.500 bits per heavy atom. The zero-order valence-electron chi connectivity index (χ0n) is 35.2. The second-order valence-electron chi connectivity index (χ2n) is 18.4. The molecule has 1 aromatic heterocycles. The lowest BCUT2D eigenvalue weighted by atomic mass is 9.55. The molecule has 0 spiro atoms. The highest BCUT2D eigenvalue weighted by molar-refractivity contribution is 6.74. The molecule has 3 nitrogen and oxygen atoms in total. The molecule has 2 aliphatic heterocycles. The number of anilines is 5. The lowest BCUT2D eigenvalue weighted by molar-refractivity contribution is 0.633. The molecule has 0 saturated carbocycles. The van der Waals surface area contributed by atoms with Crippen molar-refractivity contribution in [2.75, 3.05) is 10.2 Å². The van der Waals surface area contributed by atoms with Gasteiger partial charge in [0.2, 0.25) is 0 Å². The Balaban J connectivity index is 1.11. The van der Waals surface area contributed by atoms with Gasteiger partial charge in [0.05, 0.1) is 5.69 Å². The number of nitrogens with one attached hydrogen (secondary N) is 1. The molecular formula is C58H42BN2O. The molecule has 1 aliphatic carbocycles. The summed E-state index contributed by atoms with van der Waals surface area (Å²) in [7, 11) is 2.44. The van der Waals surface area contributed by atoms with E-state index < -0.39 is 0 Å². The monoisotopic (exact) mass is 793 g/mol. The van der Waals surface area contributed by atoms with E-state index >= 15 is 0 Å². The standard InChI is InChI=1S/C58H42BN2O/c1-57(2)43-24-15-25-45-56(43)61(48-32-36-19-9-8-18-35(36)30-44(48)57)49-33-51-52(41-21-11-13-27-50(41)62-51)53(55(49)59-45)40-29-28-37(34-16-6-5-7-17-34)31-47(40)60-46-26-14-22-39-38-20-10-12-23-42(38)58(3,4)54(39)46/h5-33,60H,1-4H3. The van der Waals surface area contributed by atoms with Crippen molar-refractivity contribution in [1.29, 1.82) is 0 Å². The summed E-state index contributed by atoms with van der Waals surface area (Å²) >= 11 is 0. The average molecular weight is 794 g/mol. The van der Waals surface area contributed by atoms with Crippen LogP contribution in [0.2, 0.25) is 0 Å². The van der Waals surface area contributed by atoms with Crippen LogP contribution in [0, 0.1) is 0 Å². The first-order valence-electron chi connectivity index (χ1n) is 21.8. The molecule has 13 rings (SSSR count). The van der Waals surface area contributed by atoms with Crippen molar-refractivity contribution in [3.05, 3.63) is 198 Å². The van der Waals surface area contributed by atoms with Gasteiger partial charge in [-0.2, -0.15) is 0 Å². The van der Waals surface area contributed by atoms with Gasteiger partial charge in [0.25, 0.3) is 0 Å². The second kappa shape index (κ2) is 12.6. The molecule has 0 amide bonds. The van der Waals surface area contributed by atoms with Crippen LogP contribution in [0.1, 0.15) is 49.9 Å². The number of hydrogen-bond donors (Lipinski definition) is 1. The van der Waals surface area contributed by atoms with Gasteiger partial charge in [0.15, 0.2) is 7.28 Å². The normalized spacial score (nSPS) is 14.8. The number of furan rings is 1. The summed E-state index contributed by atoms with van der Waals surface area (Å²) in [5.41, 5.74) is 22.0. The van der Waals surface area contributed by atoms with Gasteiger partial charge >= 0.3 is 0 Å². The number of nitrogens with zero attached hydrogens (tertiary/aromatic N) is 1. The molecule has 3 heterocycles. The summed E-state index contributed by atoms with van der Waals surface area (Å²) in [6.45, 7) is 9.48. The highest BCUT2D eigenvalue weighted by atomic mass is 16.3. The van der Waals surface area contributed by atoms with Crippen LogP contribution < -0.4 is 21.1 Å². The van der Waals surface area contributed by atoms with E-state index in [0.717, 1.165) is 55.7 Å². The Morgan fingerprint density at radius 3 is 2.10 bits per heavy atom. The molecule has 10 aromatic rings. The van der Waals surface area contributed by atoms with Gasteiger partial charge in [-0.15, -0.1) is 0 Å². The first-order chi connectivity index (χ1) is 30.3. The van der Waals surface area contributed by atoms with Crippen LogP contribution >= 0.6 is 0 Å². The summed E-state index contributed by atoms with van der Waals surface area (Å²) in [6.07, 6.45) is 0. The van der Waals surface area contributed by atoms with Crippen LogP contribution in [-0.4, -0.2) is 7.28 Å². The summed E-state index contributed by atoms with van der Waals surface area (Å²) < 4.78 is 6.92. The van der Waals surface area contributed by atoms with E-state index in [4.69, 9.17) is 4.42 Å². The van der Waals surface area contributed by atoms with Crippen LogP contribution in [0.4, 0.5) is 28.4 Å². The Bertz CT molecular complexity index is 3540. The first kappa shape index (κ1) is 35.5. The molecule has 0 unspecified atom stereocenters. The number of benzene rings is 9. The third-order valence-corrected chi connectivity index (χ3v) is 14.2. The van der Waals surface area contributed by atoms with Crippen LogP contribution in [0.5, 0.6) is 0 Å². The van der Waals surface area contributed by atoms with Crippen LogP contribution in [0.25, 0.3) is 66.1 Å². The number of hydrogen-bond acceptors (Lipinski definition) is 3. The van der Waals surface area contributed by atoms with Crippen molar-refractivity contribution in [2.45, 2.75) is 38.5 Å². The summed E-state index contributed by atoms with van der Waals surface area (Å²) in [6, 6.07) is 64.6. The van der Waals surface area contributed by atoms with Gasteiger partial charge < -0.3 is 14.6 Å². The van der Waals surface area contributed by atoms with Crippen LogP contribution in [0.3, 0.4) is 0 Å². The van der Waals surface area contributed by atoms with Crippen molar-refractivity contribution in [3.63, 3.8) is 0 Å². The number of rotatable bonds is 4. The average Bonchev–Trinajstić information content (AvgIpc) is 3.78. The predicted molar refractivity (Wildman–Crippen MR) is 261 cm³/mol. The van der Waals surface area contributed by atoms with Gasteiger partial charge in [-0.25, -0.2) is 0 Å². The fourth-order valence-electron chi connectivity index (χ4n) is 11.3. The molecule has 1 N–H and O–H groups in total. The number of fused-ring (bicyclic) bond motifs is 11. The van der Waals surface area contributed by atoms with Crippen molar-refractivity contribution in [2.24, 2.45) is 0 Å². The lowest BCUT2D eigenvalue weighted by Crippen LogP contribution is -2.45. The maximum absolute atomic E-state index is 6.92. The van der Waals surface area contributed by atoms with E-state index in [1.165, 1.54) is 72.0 Å². The molecule has 0 atom stereocenters. The molecule has 0 saturated heterocycles. The minimum atomic E-state index is -0.216. The van der Waals surface area contributed by atoms with Crippen molar-refractivity contribution in [1.82, 2.24) is 0 Å². The molecule has 9 aromatic carbocycles. The van der Waals surface area contributed by atoms with Crippen LogP contribution in [-0.2, 0) is 10.8 Å². The number of para-hydroxylation sites is 2. The summed E-state index contributed by atoms with van der Waals surface area (Å²) in [5, 5.41) is 8.84. The Hall–Kier alpha value is -7.30. The van der Waals surface area contributed by atoms with Gasteiger partial charge in [-0.3, -0.25) is 0 Å². The fourth-order valence-corrected chi connectivity index (χ4v) is 11.3. The van der Waals surface area contributed by atoms with E-state index in [2.05, 4.69) is 221 Å². The van der Waals surface area contributed by atoms with Gasteiger partial charge in [-0.1, -0.05) is 173 Å². The quantitative estimate of drug-likeness (QED) is 0.180. The summed E-state index contributed by atoms with van der Waals surface area (Å²) in [4.78, 5) is 2.54. The zero-order chi connectivity index (χ0) is 41.5. The predicted octanol–water partition coefficient (Wildman–Crippen LogP) is 14.2. The smallest absolute Gasteiger partial charge is 0.197 e. The van der Waals surface area contributed by atoms with Crippen molar-refractivity contribution >= 4 is 79.4 Å². The highest BCUT2D eigenvalue weighted by Crippen LogP contribution is 2.56. The third kappa shape index (κ3) is 4.84. The van der Waals surface area contributed by atoms with E-state index in [9.17, 15) is 0 Å². The fraction of sp³-hybridized carbons (Fsp3) is 0.103. The van der Waals surface area contributed by atoms with E-state index in [1.807, 2.05) is 0 Å². The maximum Gasteiger partial charge on any atom is 0.197 e. The minimum Gasteiger partial charge on any atom is -0.456 e. The van der Waals surface area contributed by atoms with Gasteiger partial charge in [0, 0.05) is 56.0 Å². The SMILES string of the molecule is CC1(C)c2cc3ccccc3cc2N2c3cc4oc5ccccc5c4c(-c4ccc(-c5ccccc5)cc4Nc4cccc5c4C(C)(C)c4ccccc4-5)c3[B]c3cccc1c32. The zero-order valence-corrected chi connectivity index (χ0v) is 35.2. The molecule has 62 heavy (non-hydrogen) atoms. The Morgan fingerprint density at radius 2 is 1.23 bits per heavy atom. The maximum atomic E-state index is 6.92. The highest BCUT2D eigenvalue weighted by Gasteiger charge is 2.42. The lowest BCUT2D eigenvalue weighted by Gasteiger charge is -2.46. The molecule has 0 bridgehead atoms. The van der Waals surface area contributed by atoms with Crippen molar-refractivity contribution < 1.29 is 4.42 Å². The van der Waals surface area contributed by atoms with E-state index in [1.54, 1.807) is 0 Å². The minimum absolute atomic E-state index is 0.193. The molecular weight excluding hydrogens is 751 g/mol. The largest absolute Gasteiger partial charge is 0.456 e. The first-order valence-corrected chi connectivity index (χ1v) is 21.8.